The van der Waals surface area contributed by atoms with Gasteiger partial charge in [0.15, 0.2) is 0 Å². The molecule has 1 aromatic rings. The minimum absolute atomic E-state index is 0.0324. The number of benzene rings is 1. The van der Waals surface area contributed by atoms with Crippen LogP contribution in [0.4, 0.5) is 0 Å². The zero-order valence-electron chi connectivity index (χ0n) is 14.3. The molecule has 0 aliphatic carbocycles. The number of hydrogen-bond donors (Lipinski definition) is 1. The van der Waals surface area contributed by atoms with Crippen LogP contribution in [0.25, 0.3) is 0 Å². The van der Waals surface area contributed by atoms with Crippen LogP contribution >= 0.6 is 0 Å². The maximum absolute atomic E-state index is 13.4. The standard InChI is InChI=1S/C19H26N2O3/c1-2-24-13-15-9-11-21(12-15)18(23)19(10-8-17(22)20-14-19)16-6-4-3-5-7-16/h3-7,15H,2,8-14H2,1H3,(H,20,22)/t15-,19-/m1/s1. The molecule has 0 radical (unpaired) electrons. The van der Waals surface area contributed by atoms with Crippen molar-refractivity contribution in [1.82, 2.24) is 10.2 Å². The van der Waals surface area contributed by atoms with E-state index in [1.54, 1.807) is 0 Å². The number of likely N-dealkylation sites (tertiary alicyclic amines) is 1. The molecule has 130 valence electrons. The maximum atomic E-state index is 13.4. The smallest absolute Gasteiger partial charge is 0.235 e. The molecule has 5 nitrogen and oxygen atoms in total. The Kier molecular flexibility index (Phi) is 5.19. The fourth-order valence-electron chi connectivity index (χ4n) is 3.80. The van der Waals surface area contributed by atoms with Gasteiger partial charge in [0.25, 0.3) is 0 Å². The van der Waals surface area contributed by atoms with Gasteiger partial charge in [-0.25, -0.2) is 0 Å². The van der Waals surface area contributed by atoms with Crippen molar-refractivity contribution in [2.45, 2.75) is 31.6 Å². The lowest BCUT2D eigenvalue weighted by molar-refractivity contribution is -0.139. The fraction of sp³-hybridized carbons (Fsp3) is 0.579. The number of carbonyl (C=O) groups is 2. The summed E-state index contributed by atoms with van der Waals surface area (Å²) in [7, 11) is 0. The summed E-state index contributed by atoms with van der Waals surface area (Å²) in [6, 6.07) is 9.88. The lowest BCUT2D eigenvalue weighted by Gasteiger charge is -2.39. The van der Waals surface area contributed by atoms with Crippen molar-refractivity contribution < 1.29 is 14.3 Å². The third-order valence-electron chi connectivity index (χ3n) is 5.23. The third kappa shape index (κ3) is 3.31. The molecule has 1 N–H and O–H groups in total. The van der Waals surface area contributed by atoms with Crippen molar-refractivity contribution in [2.75, 3.05) is 32.8 Å². The molecule has 2 amide bonds. The zero-order chi connectivity index (χ0) is 17.0. The summed E-state index contributed by atoms with van der Waals surface area (Å²) in [6.45, 7) is 5.34. The molecule has 3 rings (SSSR count). The van der Waals surface area contributed by atoms with Crippen molar-refractivity contribution in [1.29, 1.82) is 0 Å². The van der Waals surface area contributed by atoms with E-state index < -0.39 is 5.41 Å². The van der Waals surface area contributed by atoms with E-state index in [0.29, 0.717) is 31.9 Å². The van der Waals surface area contributed by atoms with Gasteiger partial charge in [0.2, 0.25) is 11.8 Å². The number of hydrogen-bond acceptors (Lipinski definition) is 3. The second-order valence-electron chi connectivity index (χ2n) is 6.79. The average molecular weight is 330 g/mol. The van der Waals surface area contributed by atoms with Crippen molar-refractivity contribution in [2.24, 2.45) is 5.92 Å². The van der Waals surface area contributed by atoms with Gasteiger partial charge in [-0.2, -0.15) is 0 Å². The van der Waals surface area contributed by atoms with Gasteiger partial charge in [-0.05, 0) is 25.3 Å². The first-order valence-corrected chi connectivity index (χ1v) is 8.85. The molecule has 1 aromatic carbocycles. The number of carbonyl (C=O) groups excluding carboxylic acids is 2. The normalized spacial score (nSPS) is 27.1. The summed E-state index contributed by atoms with van der Waals surface area (Å²) in [5.74, 6) is 0.595. The highest BCUT2D eigenvalue weighted by atomic mass is 16.5. The van der Waals surface area contributed by atoms with Crippen LogP contribution in [0.2, 0.25) is 0 Å². The van der Waals surface area contributed by atoms with Crippen LogP contribution in [0.3, 0.4) is 0 Å². The van der Waals surface area contributed by atoms with Gasteiger partial charge < -0.3 is 15.0 Å². The lowest BCUT2D eigenvalue weighted by atomic mass is 9.73. The van der Waals surface area contributed by atoms with Gasteiger partial charge >= 0.3 is 0 Å². The first-order chi connectivity index (χ1) is 11.7. The van der Waals surface area contributed by atoms with E-state index in [9.17, 15) is 9.59 Å². The highest BCUT2D eigenvalue weighted by Crippen LogP contribution is 2.35. The first kappa shape index (κ1) is 17.0. The molecule has 0 bridgehead atoms. The van der Waals surface area contributed by atoms with Gasteiger partial charge in [-0.15, -0.1) is 0 Å². The van der Waals surface area contributed by atoms with Gasteiger partial charge in [-0.3, -0.25) is 9.59 Å². The second kappa shape index (κ2) is 7.34. The van der Waals surface area contributed by atoms with Crippen LogP contribution in [-0.4, -0.2) is 49.6 Å². The van der Waals surface area contributed by atoms with E-state index in [1.807, 2.05) is 42.2 Å². The van der Waals surface area contributed by atoms with Gasteiger partial charge in [-0.1, -0.05) is 30.3 Å². The summed E-state index contributed by atoms with van der Waals surface area (Å²) in [6.07, 6.45) is 1.97. The van der Waals surface area contributed by atoms with Crippen molar-refractivity contribution in [3.63, 3.8) is 0 Å². The Bertz CT molecular complexity index is 578. The molecule has 5 heteroatoms. The fourth-order valence-corrected chi connectivity index (χ4v) is 3.80. The predicted octanol–water partition coefficient (Wildman–Crippen LogP) is 1.72. The monoisotopic (exact) mass is 330 g/mol. The van der Waals surface area contributed by atoms with Crippen LogP contribution in [0.1, 0.15) is 31.7 Å². The Hall–Kier alpha value is -1.88. The molecule has 2 aliphatic rings. The molecule has 0 aromatic heterocycles. The average Bonchev–Trinajstić information content (AvgIpc) is 3.10. The number of nitrogens with one attached hydrogen (secondary N) is 1. The largest absolute Gasteiger partial charge is 0.381 e. The molecule has 2 atom stereocenters. The van der Waals surface area contributed by atoms with E-state index in [-0.39, 0.29) is 11.8 Å². The van der Waals surface area contributed by atoms with E-state index in [0.717, 1.165) is 31.7 Å². The first-order valence-electron chi connectivity index (χ1n) is 8.85. The molecule has 2 heterocycles. The Morgan fingerprint density at radius 3 is 2.83 bits per heavy atom. The molecule has 2 fully saturated rings. The van der Waals surface area contributed by atoms with Crippen LogP contribution in [0, 0.1) is 5.92 Å². The van der Waals surface area contributed by atoms with Crippen LogP contribution in [0.5, 0.6) is 0 Å². The van der Waals surface area contributed by atoms with Crippen LogP contribution in [-0.2, 0) is 19.7 Å². The predicted molar refractivity (Wildman–Crippen MR) is 91.5 cm³/mol. The Morgan fingerprint density at radius 1 is 1.38 bits per heavy atom. The van der Waals surface area contributed by atoms with E-state index in [1.165, 1.54) is 0 Å². The maximum Gasteiger partial charge on any atom is 0.235 e. The number of rotatable bonds is 5. The molecule has 0 unspecified atom stereocenters. The molecule has 0 saturated carbocycles. The van der Waals surface area contributed by atoms with Crippen molar-refractivity contribution in [3.05, 3.63) is 35.9 Å². The van der Waals surface area contributed by atoms with Crippen LogP contribution < -0.4 is 5.32 Å². The van der Waals surface area contributed by atoms with Crippen LogP contribution in [0.15, 0.2) is 30.3 Å². The number of amides is 2. The quantitative estimate of drug-likeness (QED) is 0.894. The van der Waals surface area contributed by atoms with Crippen molar-refractivity contribution >= 4 is 11.8 Å². The van der Waals surface area contributed by atoms with Gasteiger partial charge in [0, 0.05) is 38.6 Å². The Balaban J connectivity index is 1.79. The summed E-state index contributed by atoms with van der Waals surface area (Å²) >= 11 is 0. The Morgan fingerprint density at radius 2 is 2.17 bits per heavy atom. The summed E-state index contributed by atoms with van der Waals surface area (Å²) < 4.78 is 5.52. The number of ether oxygens (including phenoxy) is 1. The van der Waals surface area contributed by atoms with Gasteiger partial charge in [0.1, 0.15) is 0 Å². The van der Waals surface area contributed by atoms with E-state index in [4.69, 9.17) is 4.74 Å². The highest BCUT2D eigenvalue weighted by molar-refractivity contribution is 5.91. The van der Waals surface area contributed by atoms with E-state index >= 15 is 0 Å². The molecule has 0 spiro atoms. The molecule has 2 saturated heterocycles. The van der Waals surface area contributed by atoms with E-state index in [2.05, 4.69) is 5.32 Å². The molecular formula is C19H26N2O3. The highest BCUT2D eigenvalue weighted by Gasteiger charge is 2.46. The molecule has 2 aliphatic heterocycles. The zero-order valence-corrected chi connectivity index (χ0v) is 14.3. The number of piperidine rings is 1. The van der Waals surface area contributed by atoms with Gasteiger partial charge in [0.05, 0.1) is 12.0 Å². The topological polar surface area (TPSA) is 58.6 Å². The number of nitrogens with zero attached hydrogens (tertiary/aromatic N) is 1. The summed E-state index contributed by atoms with van der Waals surface area (Å²) in [5.41, 5.74) is 0.374. The van der Waals surface area contributed by atoms with Crippen molar-refractivity contribution in [3.8, 4) is 0 Å². The minimum atomic E-state index is -0.629. The summed E-state index contributed by atoms with van der Waals surface area (Å²) in [5, 5.41) is 2.91. The lowest BCUT2D eigenvalue weighted by Crippen LogP contribution is -2.55. The molecular weight excluding hydrogens is 304 g/mol. The minimum Gasteiger partial charge on any atom is -0.381 e. The Labute approximate surface area is 143 Å². The SMILES string of the molecule is CCOC[C@@H]1CCN(C(=O)[C@]2(c3ccccc3)CCC(=O)NC2)C1. The third-order valence-corrected chi connectivity index (χ3v) is 5.23. The second-order valence-corrected chi connectivity index (χ2v) is 6.79. The summed E-state index contributed by atoms with van der Waals surface area (Å²) in [4.78, 5) is 27.0. The molecule has 24 heavy (non-hydrogen) atoms.